The predicted octanol–water partition coefficient (Wildman–Crippen LogP) is -0.736. The lowest BCUT2D eigenvalue weighted by molar-refractivity contribution is -0.135. The minimum Gasteiger partial charge on any atom is -0.337 e. The Bertz CT molecular complexity index is 367. The van der Waals surface area contributed by atoms with Gasteiger partial charge in [-0.3, -0.25) is 4.79 Å². The maximum Gasteiger partial charge on any atom is 0.239 e. The van der Waals surface area contributed by atoms with Gasteiger partial charge in [0.25, 0.3) is 0 Å². The molecule has 1 fully saturated rings. The molecule has 6 nitrogen and oxygen atoms in total. The van der Waals surface area contributed by atoms with Crippen molar-refractivity contribution >= 4 is 15.9 Å². The Morgan fingerprint density at radius 1 is 1.53 bits per heavy atom. The molecule has 3 N–H and O–H groups in total. The van der Waals surface area contributed by atoms with E-state index in [1.807, 2.05) is 0 Å². The van der Waals surface area contributed by atoms with Gasteiger partial charge in [-0.1, -0.05) is 0 Å². The lowest BCUT2D eigenvalue weighted by atomic mass is 10.0. The first kappa shape index (κ1) is 14.4. The molecule has 2 unspecified atom stereocenters. The number of nitrogens with zero attached hydrogens (tertiary/aromatic N) is 1. The van der Waals surface area contributed by atoms with E-state index in [2.05, 4.69) is 4.72 Å². The van der Waals surface area contributed by atoms with Crippen LogP contribution in [-0.2, 0) is 14.8 Å². The van der Waals surface area contributed by atoms with E-state index in [0.717, 1.165) is 25.5 Å². The number of sulfonamides is 1. The SMILES string of the molecule is CC(N)C(=O)N1CCCCC1CNS(C)(=O)=O. The second-order valence-electron chi connectivity index (χ2n) is 4.59. The Hall–Kier alpha value is -0.660. The number of hydrogen-bond donors (Lipinski definition) is 2. The highest BCUT2D eigenvalue weighted by Crippen LogP contribution is 2.17. The summed E-state index contributed by atoms with van der Waals surface area (Å²) in [5.41, 5.74) is 5.58. The first-order chi connectivity index (χ1) is 7.81. The zero-order valence-electron chi connectivity index (χ0n) is 10.3. The fourth-order valence-corrected chi connectivity index (χ4v) is 2.51. The van der Waals surface area contributed by atoms with Gasteiger partial charge in [-0.2, -0.15) is 0 Å². The molecule has 0 aromatic carbocycles. The Morgan fingerprint density at radius 2 is 2.18 bits per heavy atom. The van der Waals surface area contributed by atoms with Crippen molar-refractivity contribution in [2.45, 2.75) is 38.3 Å². The maximum absolute atomic E-state index is 11.9. The zero-order chi connectivity index (χ0) is 13.1. The lowest BCUT2D eigenvalue weighted by Crippen LogP contribution is -2.53. The molecule has 0 aromatic heterocycles. The number of nitrogens with one attached hydrogen (secondary N) is 1. The fraction of sp³-hybridized carbons (Fsp3) is 0.900. The van der Waals surface area contributed by atoms with Crippen molar-refractivity contribution in [2.24, 2.45) is 5.73 Å². The van der Waals surface area contributed by atoms with E-state index in [1.165, 1.54) is 0 Å². The van der Waals surface area contributed by atoms with Crippen LogP contribution in [0.5, 0.6) is 0 Å². The average molecular weight is 263 g/mol. The third kappa shape index (κ3) is 4.61. The molecule has 1 aliphatic heterocycles. The van der Waals surface area contributed by atoms with Gasteiger partial charge in [0.15, 0.2) is 0 Å². The summed E-state index contributed by atoms with van der Waals surface area (Å²) >= 11 is 0. The first-order valence-electron chi connectivity index (χ1n) is 5.82. The monoisotopic (exact) mass is 263 g/mol. The molecule has 17 heavy (non-hydrogen) atoms. The van der Waals surface area contributed by atoms with Gasteiger partial charge < -0.3 is 10.6 Å². The minimum atomic E-state index is -3.21. The number of amides is 1. The van der Waals surface area contributed by atoms with Crippen LogP contribution in [0.15, 0.2) is 0 Å². The molecule has 1 aliphatic rings. The molecule has 0 aliphatic carbocycles. The normalized spacial score (nSPS) is 23.5. The van der Waals surface area contributed by atoms with Gasteiger partial charge >= 0.3 is 0 Å². The quantitative estimate of drug-likeness (QED) is 0.699. The third-order valence-electron chi connectivity index (χ3n) is 2.88. The second-order valence-corrected chi connectivity index (χ2v) is 6.42. The molecule has 0 saturated carbocycles. The molecular formula is C10H21N3O3S. The van der Waals surface area contributed by atoms with Gasteiger partial charge in [-0.05, 0) is 26.2 Å². The van der Waals surface area contributed by atoms with E-state index >= 15 is 0 Å². The zero-order valence-corrected chi connectivity index (χ0v) is 11.2. The third-order valence-corrected chi connectivity index (χ3v) is 3.57. The van der Waals surface area contributed by atoms with Crippen molar-refractivity contribution in [3.05, 3.63) is 0 Å². The molecular weight excluding hydrogens is 242 g/mol. The van der Waals surface area contributed by atoms with E-state index < -0.39 is 16.1 Å². The molecule has 2 atom stereocenters. The van der Waals surface area contributed by atoms with Crippen LogP contribution >= 0.6 is 0 Å². The van der Waals surface area contributed by atoms with Crippen LogP contribution in [0.1, 0.15) is 26.2 Å². The van der Waals surface area contributed by atoms with Crippen LogP contribution in [-0.4, -0.2) is 50.7 Å². The Labute approximate surface area is 103 Å². The van der Waals surface area contributed by atoms with Crippen LogP contribution in [0.4, 0.5) is 0 Å². The smallest absolute Gasteiger partial charge is 0.239 e. The highest BCUT2D eigenvalue weighted by Gasteiger charge is 2.28. The van der Waals surface area contributed by atoms with Crippen molar-refractivity contribution in [2.75, 3.05) is 19.3 Å². The largest absolute Gasteiger partial charge is 0.337 e. The number of nitrogens with two attached hydrogens (primary N) is 1. The van der Waals surface area contributed by atoms with Gasteiger partial charge in [-0.15, -0.1) is 0 Å². The number of carbonyl (C=O) groups is 1. The van der Waals surface area contributed by atoms with Crippen LogP contribution in [0, 0.1) is 0 Å². The summed E-state index contributed by atoms with van der Waals surface area (Å²) in [4.78, 5) is 13.6. The highest BCUT2D eigenvalue weighted by atomic mass is 32.2. The number of likely N-dealkylation sites (tertiary alicyclic amines) is 1. The van der Waals surface area contributed by atoms with Crippen molar-refractivity contribution in [3.63, 3.8) is 0 Å². The molecule has 7 heteroatoms. The van der Waals surface area contributed by atoms with Gasteiger partial charge in [-0.25, -0.2) is 13.1 Å². The second kappa shape index (κ2) is 5.79. The number of rotatable bonds is 4. The highest BCUT2D eigenvalue weighted by molar-refractivity contribution is 7.88. The molecule has 1 amide bonds. The van der Waals surface area contributed by atoms with Gasteiger partial charge in [0.1, 0.15) is 0 Å². The molecule has 0 aromatic rings. The summed E-state index contributed by atoms with van der Waals surface area (Å²) in [6, 6.07) is -0.606. The van der Waals surface area contributed by atoms with E-state index in [0.29, 0.717) is 6.54 Å². The maximum atomic E-state index is 11.9. The Kier molecular flexibility index (Phi) is 4.91. The molecule has 1 heterocycles. The van der Waals surface area contributed by atoms with Crippen LogP contribution in [0.2, 0.25) is 0 Å². The molecule has 1 rings (SSSR count). The standard InChI is InChI=1S/C10H21N3O3S/c1-8(11)10(14)13-6-4-3-5-9(13)7-12-17(2,15)16/h8-9,12H,3-7,11H2,1-2H3. The van der Waals surface area contributed by atoms with Crippen molar-refractivity contribution in [1.82, 2.24) is 9.62 Å². The van der Waals surface area contributed by atoms with E-state index in [9.17, 15) is 13.2 Å². The lowest BCUT2D eigenvalue weighted by Gasteiger charge is -2.36. The number of piperidine rings is 1. The first-order valence-corrected chi connectivity index (χ1v) is 7.71. The summed E-state index contributed by atoms with van der Waals surface area (Å²) in [5, 5.41) is 0. The van der Waals surface area contributed by atoms with Crippen molar-refractivity contribution in [3.8, 4) is 0 Å². The molecule has 100 valence electrons. The van der Waals surface area contributed by atoms with Crippen LogP contribution in [0.3, 0.4) is 0 Å². The number of carbonyl (C=O) groups excluding carboxylic acids is 1. The molecule has 1 saturated heterocycles. The van der Waals surface area contributed by atoms with Crippen molar-refractivity contribution < 1.29 is 13.2 Å². The Balaban J connectivity index is 2.63. The molecule has 0 spiro atoms. The minimum absolute atomic E-state index is 0.0722. The number of hydrogen-bond acceptors (Lipinski definition) is 4. The van der Waals surface area contributed by atoms with Gasteiger partial charge in [0, 0.05) is 19.1 Å². The fourth-order valence-electron chi connectivity index (χ4n) is 2.01. The summed E-state index contributed by atoms with van der Waals surface area (Å²) in [5.74, 6) is -0.106. The van der Waals surface area contributed by atoms with E-state index in [1.54, 1.807) is 11.8 Å². The molecule has 0 bridgehead atoms. The summed E-state index contributed by atoms with van der Waals surface area (Å²) in [6.07, 6.45) is 3.90. The summed E-state index contributed by atoms with van der Waals surface area (Å²) in [6.45, 7) is 2.59. The predicted molar refractivity (Wildman–Crippen MR) is 65.8 cm³/mol. The van der Waals surface area contributed by atoms with Crippen LogP contribution < -0.4 is 10.5 Å². The van der Waals surface area contributed by atoms with Crippen molar-refractivity contribution in [1.29, 1.82) is 0 Å². The topological polar surface area (TPSA) is 92.5 Å². The molecule has 0 radical (unpaired) electrons. The van der Waals surface area contributed by atoms with E-state index in [4.69, 9.17) is 5.73 Å². The van der Waals surface area contributed by atoms with Crippen LogP contribution in [0.25, 0.3) is 0 Å². The average Bonchev–Trinajstić information content (AvgIpc) is 2.24. The van der Waals surface area contributed by atoms with E-state index in [-0.39, 0.29) is 18.5 Å². The summed E-state index contributed by atoms with van der Waals surface area (Å²) < 4.78 is 24.5. The summed E-state index contributed by atoms with van der Waals surface area (Å²) in [7, 11) is -3.21. The van der Waals surface area contributed by atoms with Gasteiger partial charge in [0.05, 0.1) is 12.3 Å². The Morgan fingerprint density at radius 3 is 2.71 bits per heavy atom. The van der Waals surface area contributed by atoms with Gasteiger partial charge in [0.2, 0.25) is 15.9 Å².